The molecule has 3 aromatic rings. The number of aliphatic carboxylic acids is 1. The van der Waals surface area contributed by atoms with E-state index in [1.54, 1.807) is 5.38 Å². The van der Waals surface area contributed by atoms with E-state index in [0.717, 1.165) is 16.1 Å². The molecule has 9 heteroatoms. The van der Waals surface area contributed by atoms with E-state index in [2.05, 4.69) is 39.9 Å². The third-order valence-corrected chi connectivity index (χ3v) is 7.41. The monoisotopic (exact) mass is 491 g/mol. The van der Waals surface area contributed by atoms with Crippen LogP contribution in [0.2, 0.25) is 0 Å². The van der Waals surface area contributed by atoms with Gasteiger partial charge in [-0.05, 0) is 34.6 Å². The highest BCUT2D eigenvalue weighted by Crippen LogP contribution is 2.44. The Morgan fingerprint density at radius 3 is 2.37 bits per heavy atom. The van der Waals surface area contributed by atoms with Crippen LogP contribution in [-0.4, -0.2) is 47.8 Å². The Labute approximate surface area is 206 Å². The van der Waals surface area contributed by atoms with Crippen LogP contribution < -0.4 is 10.6 Å². The van der Waals surface area contributed by atoms with Crippen molar-refractivity contribution in [2.45, 2.75) is 18.8 Å². The summed E-state index contributed by atoms with van der Waals surface area (Å²) in [5, 5.41) is 16.8. The van der Waals surface area contributed by atoms with Gasteiger partial charge in [0.2, 0.25) is 0 Å². The molecule has 1 aromatic heterocycles. The number of thiazole rings is 1. The van der Waals surface area contributed by atoms with Gasteiger partial charge in [-0.15, -0.1) is 11.3 Å². The molecule has 35 heavy (non-hydrogen) atoms. The van der Waals surface area contributed by atoms with Crippen LogP contribution in [0.15, 0.2) is 53.9 Å². The van der Waals surface area contributed by atoms with Crippen molar-refractivity contribution in [1.82, 2.24) is 15.6 Å². The van der Waals surface area contributed by atoms with E-state index in [9.17, 15) is 14.4 Å². The first kappa shape index (κ1) is 23.0. The molecule has 2 amide bonds. The number of nitrogens with one attached hydrogen (secondary N) is 2. The third-order valence-electron chi connectivity index (χ3n) is 6.50. The van der Waals surface area contributed by atoms with Gasteiger partial charge < -0.3 is 20.5 Å². The van der Waals surface area contributed by atoms with Gasteiger partial charge >= 0.3 is 12.1 Å². The molecule has 2 aliphatic rings. The number of alkyl carbamates (subject to hydrolysis) is 1. The SMILES string of the molecule is O=C(NCCc1nc(C(=O)NC[C@@H]2C[C@@H]2C(=O)O)cs1)OCC1c2ccccc2-c2ccccc21. The maximum Gasteiger partial charge on any atom is 0.407 e. The van der Waals surface area contributed by atoms with Crippen LogP contribution in [0.5, 0.6) is 0 Å². The molecule has 0 unspecified atom stereocenters. The molecular formula is C26H25N3O5S. The Balaban J connectivity index is 1.06. The Hall–Kier alpha value is -3.72. The number of hydrogen-bond donors (Lipinski definition) is 3. The molecule has 0 spiro atoms. The maximum atomic E-state index is 12.3. The lowest BCUT2D eigenvalue weighted by atomic mass is 9.98. The molecule has 2 aliphatic carbocycles. The van der Waals surface area contributed by atoms with Crippen molar-refractivity contribution >= 4 is 29.3 Å². The number of fused-ring (bicyclic) bond motifs is 3. The number of rotatable bonds is 9. The lowest BCUT2D eigenvalue weighted by Gasteiger charge is -2.14. The summed E-state index contributed by atoms with van der Waals surface area (Å²) in [6.45, 7) is 0.935. The van der Waals surface area contributed by atoms with Gasteiger partial charge in [0, 0.05) is 30.8 Å². The van der Waals surface area contributed by atoms with Crippen LogP contribution in [0.3, 0.4) is 0 Å². The maximum absolute atomic E-state index is 12.3. The number of carboxylic acid groups (broad SMARTS) is 1. The predicted octanol–water partition coefficient (Wildman–Crippen LogP) is 3.67. The molecule has 2 aromatic carbocycles. The van der Waals surface area contributed by atoms with Gasteiger partial charge in [0.15, 0.2) is 0 Å². The Morgan fingerprint density at radius 2 is 1.71 bits per heavy atom. The van der Waals surface area contributed by atoms with Gasteiger partial charge in [-0.25, -0.2) is 9.78 Å². The van der Waals surface area contributed by atoms with E-state index in [0.29, 0.717) is 31.6 Å². The van der Waals surface area contributed by atoms with Crippen molar-refractivity contribution in [1.29, 1.82) is 0 Å². The number of amides is 2. The predicted molar refractivity (Wildman–Crippen MR) is 130 cm³/mol. The number of carboxylic acids is 1. The van der Waals surface area contributed by atoms with Gasteiger partial charge in [-0.3, -0.25) is 9.59 Å². The number of benzene rings is 2. The molecule has 5 rings (SSSR count). The normalized spacial score (nSPS) is 17.8. The standard InChI is InChI=1S/C26H25N3O5S/c30-24(28-12-15-11-20(15)25(31)32)22-14-35-23(29-22)9-10-27-26(33)34-13-21-18-7-3-1-5-16(18)17-6-2-4-8-19(17)21/h1-8,14-15,20-21H,9-13H2,(H,27,33)(H,28,30)(H,31,32)/t15-,20-/m0/s1. The first-order valence-corrected chi connectivity index (χ1v) is 12.4. The summed E-state index contributed by atoms with van der Waals surface area (Å²) < 4.78 is 5.53. The van der Waals surface area contributed by atoms with Crippen molar-refractivity contribution in [2.75, 3.05) is 19.7 Å². The average molecular weight is 492 g/mol. The van der Waals surface area contributed by atoms with Crippen LogP contribution in [0.1, 0.15) is 39.0 Å². The van der Waals surface area contributed by atoms with E-state index < -0.39 is 12.1 Å². The number of hydrogen-bond acceptors (Lipinski definition) is 6. The molecular weight excluding hydrogens is 466 g/mol. The van der Waals surface area contributed by atoms with Crippen LogP contribution >= 0.6 is 11.3 Å². The second kappa shape index (κ2) is 9.87. The van der Waals surface area contributed by atoms with E-state index in [-0.39, 0.29) is 30.3 Å². The van der Waals surface area contributed by atoms with E-state index in [1.165, 1.54) is 22.5 Å². The highest BCUT2D eigenvalue weighted by Gasteiger charge is 2.43. The van der Waals surface area contributed by atoms with E-state index in [4.69, 9.17) is 9.84 Å². The fourth-order valence-corrected chi connectivity index (χ4v) is 5.32. The highest BCUT2D eigenvalue weighted by molar-refractivity contribution is 7.09. The molecule has 8 nitrogen and oxygen atoms in total. The molecule has 0 radical (unpaired) electrons. The quantitative estimate of drug-likeness (QED) is 0.420. The Bertz CT molecular complexity index is 1230. The lowest BCUT2D eigenvalue weighted by molar-refractivity contribution is -0.138. The first-order chi connectivity index (χ1) is 17.0. The van der Waals surface area contributed by atoms with Gasteiger partial charge in [0.1, 0.15) is 12.3 Å². The second-order valence-corrected chi connectivity index (χ2v) is 9.72. The zero-order valence-corrected chi connectivity index (χ0v) is 19.7. The van der Waals surface area contributed by atoms with Crippen LogP contribution in [-0.2, 0) is 16.0 Å². The highest BCUT2D eigenvalue weighted by atomic mass is 32.1. The smallest absolute Gasteiger partial charge is 0.407 e. The minimum absolute atomic E-state index is 0.00374. The lowest BCUT2D eigenvalue weighted by Crippen LogP contribution is -2.28. The van der Waals surface area contributed by atoms with Crippen LogP contribution in [0.4, 0.5) is 4.79 Å². The topological polar surface area (TPSA) is 118 Å². The number of ether oxygens (including phenoxy) is 1. The molecule has 0 aliphatic heterocycles. The molecule has 1 fully saturated rings. The summed E-state index contributed by atoms with van der Waals surface area (Å²) in [7, 11) is 0. The van der Waals surface area contributed by atoms with Gasteiger partial charge in [-0.1, -0.05) is 48.5 Å². The molecule has 2 atom stereocenters. The number of nitrogens with zero attached hydrogens (tertiary/aromatic N) is 1. The van der Waals surface area contributed by atoms with Crippen LogP contribution in [0.25, 0.3) is 11.1 Å². The Morgan fingerprint density at radius 1 is 1.03 bits per heavy atom. The summed E-state index contributed by atoms with van der Waals surface area (Å²) in [6.07, 6.45) is 0.588. The molecule has 3 N–H and O–H groups in total. The molecule has 0 bridgehead atoms. The third kappa shape index (κ3) is 5.05. The van der Waals surface area contributed by atoms with Gasteiger partial charge in [0.05, 0.1) is 10.9 Å². The zero-order chi connectivity index (χ0) is 24.4. The zero-order valence-electron chi connectivity index (χ0n) is 18.9. The second-order valence-electron chi connectivity index (χ2n) is 8.78. The van der Waals surface area contributed by atoms with Gasteiger partial charge in [0.25, 0.3) is 5.91 Å². The number of aromatic nitrogens is 1. The summed E-state index contributed by atoms with van der Waals surface area (Å²) in [5.74, 6) is -1.48. The van der Waals surface area contributed by atoms with Crippen molar-refractivity contribution in [2.24, 2.45) is 11.8 Å². The summed E-state index contributed by atoms with van der Waals surface area (Å²) in [4.78, 5) is 39.7. The average Bonchev–Trinajstić information content (AvgIpc) is 3.38. The largest absolute Gasteiger partial charge is 0.481 e. The molecule has 1 heterocycles. The van der Waals surface area contributed by atoms with Crippen molar-refractivity contribution < 1.29 is 24.2 Å². The number of carbonyl (C=O) groups is 3. The molecule has 1 saturated carbocycles. The summed E-state index contributed by atoms with van der Waals surface area (Å²) in [5.41, 5.74) is 4.99. The van der Waals surface area contributed by atoms with Crippen LogP contribution in [0, 0.1) is 11.8 Å². The van der Waals surface area contributed by atoms with E-state index in [1.807, 2.05) is 24.3 Å². The fourth-order valence-electron chi connectivity index (χ4n) is 4.54. The van der Waals surface area contributed by atoms with Crippen molar-refractivity contribution in [3.05, 3.63) is 75.7 Å². The first-order valence-electron chi connectivity index (χ1n) is 11.6. The summed E-state index contributed by atoms with van der Waals surface area (Å²) in [6, 6.07) is 16.4. The fraction of sp³-hybridized carbons (Fsp3) is 0.308. The Kier molecular flexibility index (Phi) is 6.50. The molecule has 180 valence electrons. The van der Waals surface area contributed by atoms with Gasteiger partial charge in [-0.2, -0.15) is 0 Å². The van der Waals surface area contributed by atoms with Crippen molar-refractivity contribution in [3.8, 4) is 11.1 Å². The minimum Gasteiger partial charge on any atom is -0.481 e. The van der Waals surface area contributed by atoms with Crippen molar-refractivity contribution in [3.63, 3.8) is 0 Å². The summed E-state index contributed by atoms with van der Waals surface area (Å²) >= 11 is 1.35. The molecule has 0 saturated heterocycles. The minimum atomic E-state index is -0.816. The number of carbonyl (C=O) groups excluding carboxylic acids is 2. The van der Waals surface area contributed by atoms with E-state index >= 15 is 0 Å².